The number of rotatable bonds is 12. The predicted molar refractivity (Wildman–Crippen MR) is 123 cm³/mol. The van der Waals surface area contributed by atoms with Crippen molar-refractivity contribution in [3.05, 3.63) is 59.5 Å². The number of halogens is 4. The maximum atomic E-state index is 12.1. The molecule has 1 heterocycles. The summed E-state index contributed by atoms with van der Waals surface area (Å²) in [6, 6.07) is 10.9. The minimum absolute atomic E-state index is 0. The minimum atomic E-state index is -4.31. The average molecular weight is 555 g/mol. The number of aliphatic imine (C=N–C) groups is 1. The van der Waals surface area contributed by atoms with E-state index in [1.54, 1.807) is 18.4 Å². The van der Waals surface area contributed by atoms with Gasteiger partial charge in [0.25, 0.3) is 0 Å². The van der Waals surface area contributed by atoms with E-state index in [2.05, 4.69) is 20.4 Å². The van der Waals surface area contributed by atoms with Crippen LogP contribution in [0.3, 0.4) is 0 Å². The molecule has 0 saturated heterocycles. The van der Waals surface area contributed by atoms with Crippen molar-refractivity contribution in [1.82, 2.24) is 10.6 Å². The zero-order valence-electron chi connectivity index (χ0n) is 17.4. The maximum Gasteiger partial charge on any atom is 0.411 e. The van der Waals surface area contributed by atoms with Crippen molar-refractivity contribution in [2.75, 3.05) is 26.3 Å². The quantitative estimate of drug-likeness (QED) is 0.173. The van der Waals surface area contributed by atoms with Gasteiger partial charge in [-0.3, -0.25) is 0 Å². The lowest BCUT2D eigenvalue weighted by Gasteiger charge is -2.11. The fraction of sp³-hybridized carbons (Fsp3) is 0.476. The molecule has 0 saturated carbocycles. The van der Waals surface area contributed by atoms with E-state index in [0.29, 0.717) is 37.8 Å². The van der Waals surface area contributed by atoms with Crippen LogP contribution in [-0.4, -0.2) is 38.4 Å². The van der Waals surface area contributed by atoms with E-state index >= 15 is 0 Å². The van der Waals surface area contributed by atoms with Crippen LogP contribution in [0, 0.1) is 0 Å². The Morgan fingerprint density at radius 3 is 2.42 bits per heavy atom. The molecule has 10 heteroatoms. The van der Waals surface area contributed by atoms with Crippen LogP contribution < -0.4 is 10.6 Å². The summed E-state index contributed by atoms with van der Waals surface area (Å²) in [5.41, 5.74) is 1.64. The molecule has 0 fully saturated rings. The summed E-state index contributed by atoms with van der Waals surface area (Å²) in [6.45, 7) is 3.62. The Balaban J connectivity index is 0.00000480. The van der Waals surface area contributed by atoms with Crippen molar-refractivity contribution in [3.8, 4) is 0 Å². The average Bonchev–Trinajstić information content (AvgIpc) is 3.22. The van der Waals surface area contributed by atoms with Gasteiger partial charge in [-0.15, -0.1) is 24.0 Å². The summed E-state index contributed by atoms with van der Waals surface area (Å²) >= 11 is 0. The Bertz CT molecular complexity index is 739. The van der Waals surface area contributed by atoms with Crippen LogP contribution in [0.1, 0.15) is 30.2 Å². The van der Waals surface area contributed by atoms with E-state index < -0.39 is 12.8 Å². The number of furan rings is 1. The van der Waals surface area contributed by atoms with Crippen LogP contribution in [0.5, 0.6) is 0 Å². The number of alkyl halides is 3. The predicted octanol–water partition coefficient (Wildman–Crippen LogP) is 4.64. The molecule has 2 aromatic rings. The molecule has 6 nitrogen and oxygen atoms in total. The fourth-order valence-corrected chi connectivity index (χ4v) is 2.49. The summed E-state index contributed by atoms with van der Waals surface area (Å²) in [5, 5.41) is 6.42. The van der Waals surface area contributed by atoms with Gasteiger partial charge >= 0.3 is 6.18 Å². The molecule has 1 aromatic carbocycles. The number of nitrogens with one attached hydrogen (secondary N) is 2. The molecule has 2 N–H and O–H groups in total. The monoisotopic (exact) mass is 555 g/mol. The van der Waals surface area contributed by atoms with Gasteiger partial charge in [0.2, 0.25) is 0 Å². The zero-order chi connectivity index (χ0) is 21.7. The van der Waals surface area contributed by atoms with E-state index in [4.69, 9.17) is 9.15 Å². The number of hydrogen-bond acceptors (Lipinski definition) is 4. The Labute approximate surface area is 197 Å². The number of ether oxygens (including phenoxy) is 2. The van der Waals surface area contributed by atoms with Crippen molar-refractivity contribution in [3.63, 3.8) is 0 Å². The van der Waals surface area contributed by atoms with Crippen LogP contribution in [0.15, 0.2) is 52.1 Å². The van der Waals surface area contributed by atoms with Crippen molar-refractivity contribution in [2.45, 2.75) is 39.3 Å². The van der Waals surface area contributed by atoms with E-state index in [1.165, 1.54) is 0 Å². The normalized spacial score (nSPS) is 11.8. The zero-order valence-corrected chi connectivity index (χ0v) is 19.7. The first-order chi connectivity index (χ1) is 14.5. The second-order valence-electron chi connectivity index (χ2n) is 6.53. The lowest BCUT2D eigenvalue weighted by Crippen LogP contribution is -2.38. The van der Waals surface area contributed by atoms with Gasteiger partial charge in [0, 0.05) is 19.7 Å². The van der Waals surface area contributed by atoms with E-state index in [9.17, 15) is 13.2 Å². The molecule has 0 aliphatic rings. The molecule has 2 rings (SSSR count). The summed E-state index contributed by atoms with van der Waals surface area (Å²) in [6.07, 6.45) is -1.87. The Morgan fingerprint density at radius 1 is 1.03 bits per heavy atom. The van der Waals surface area contributed by atoms with Gasteiger partial charge in [0.1, 0.15) is 19.0 Å². The van der Waals surface area contributed by atoms with Gasteiger partial charge in [-0.1, -0.05) is 24.3 Å². The lowest BCUT2D eigenvalue weighted by atomic mass is 10.1. The number of guanidine groups is 1. The second-order valence-corrected chi connectivity index (χ2v) is 6.53. The van der Waals surface area contributed by atoms with Crippen molar-refractivity contribution in [1.29, 1.82) is 0 Å². The lowest BCUT2D eigenvalue weighted by molar-refractivity contribution is -0.176. The maximum absolute atomic E-state index is 12.1. The second kappa shape index (κ2) is 15.1. The Hall–Kier alpha value is -1.79. The van der Waals surface area contributed by atoms with Gasteiger partial charge in [-0.05, 0) is 36.6 Å². The molecule has 0 bridgehead atoms. The van der Waals surface area contributed by atoms with Crippen molar-refractivity contribution in [2.24, 2.45) is 4.99 Å². The first-order valence-electron chi connectivity index (χ1n) is 9.81. The van der Waals surface area contributed by atoms with Crippen LogP contribution in [0.25, 0.3) is 0 Å². The topological polar surface area (TPSA) is 68.0 Å². The fourth-order valence-electron chi connectivity index (χ4n) is 2.49. The van der Waals surface area contributed by atoms with E-state index in [-0.39, 0.29) is 30.6 Å². The first kappa shape index (κ1) is 27.2. The number of hydrogen-bond donors (Lipinski definition) is 2. The van der Waals surface area contributed by atoms with Gasteiger partial charge in [-0.2, -0.15) is 13.2 Å². The standard InChI is InChI=1S/C21H28F3N3O3.HI/c1-2-25-20(26-10-4-11-28-15-19-5-3-12-30-19)27-13-17-6-8-18(9-7-17)14-29-16-21(22,23)24;/h3,5-9,12H,2,4,10-11,13-16H2,1H3,(H2,25,26,27);1H. The molecular formula is C21H29F3IN3O3. The van der Waals surface area contributed by atoms with Crippen LogP contribution in [-0.2, 0) is 29.2 Å². The molecule has 31 heavy (non-hydrogen) atoms. The Morgan fingerprint density at radius 2 is 1.77 bits per heavy atom. The van der Waals surface area contributed by atoms with Crippen molar-refractivity contribution >= 4 is 29.9 Å². The number of nitrogens with zero attached hydrogens (tertiary/aromatic N) is 1. The molecule has 0 amide bonds. The molecule has 0 atom stereocenters. The summed E-state index contributed by atoms with van der Waals surface area (Å²) in [7, 11) is 0. The van der Waals surface area contributed by atoms with Gasteiger partial charge < -0.3 is 24.5 Å². The van der Waals surface area contributed by atoms with Crippen molar-refractivity contribution < 1.29 is 27.1 Å². The highest BCUT2D eigenvalue weighted by atomic mass is 127. The van der Waals surface area contributed by atoms with Gasteiger partial charge in [0.15, 0.2) is 5.96 Å². The van der Waals surface area contributed by atoms with Gasteiger partial charge in [-0.25, -0.2) is 4.99 Å². The molecular weight excluding hydrogens is 526 g/mol. The summed E-state index contributed by atoms with van der Waals surface area (Å²) in [4.78, 5) is 4.52. The molecule has 0 unspecified atom stereocenters. The smallest absolute Gasteiger partial charge is 0.411 e. The number of benzene rings is 1. The van der Waals surface area contributed by atoms with Gasteiger partial charge in [0.05, 0.1) is 19.4 Å². The molecule has 0 radical (unpaired) electrons. The SMILES string of the molecule is CCNC(=NCc1ccc(COCC(F)(F)F)cc1)NCCCOCc1ccco1.I. The molecule has 0 spiro atoms. The minimum Gasteiger partial charge on any atom is -0.467 e. The largest absolute Gasteiger partial charge is 0.467 e. The highest BCUT2D eigenvalue weighted by Gasteiger charge is 2.27. The Kier molecular flexibility index (Phi) is 13.3. The van der Waals surface area contributed by atoms with E-state index in [0.717, 1.165) is 24.3 Å². The molecule has 0 aliphatic carbocycles. The van der Waals surface area contributed by atoms with Crippen LogP contribution in [0.4, 0.5) is 13.2 Å². The highest BCUT2D eigenvalue weighted by Crippen LogP contribution is 2.16. The third-order valence-electron chi connectivity index (χ3n) is 3.90. The molecule has 174 valence electrons. The third-order valence-corrected chi connectivity index (χ3v) is 3.90. The summed E-state index contributed by atoms with van der Waals surface area (Å²) < 4.78 is 51.7. The molecule has 1 aromatic heterocycles. The molecule has 0 aliphatic heterocycles. The van der Waals surface area contributed by atoms with Crippen LogP contribution >= 0.6 is 24.0 Å². The first-order valence-corrected chi connectivity index (χ1v) is 9.81. The van der Waals surface area contributed by atoms with E-state index in [1.807, 2.05) is 31.2 Å². The van der Waals surface area contributed by atoms with Crippen LogP contribution in [0.2, 0.25) is 0 Å². The third kappa shape index (κ3) is 12.6. The summed E-state index contributed by atoms with van der Waals surface area (Å²) in [5.74, 6) is 1.50. The highest BCUT2D eigenvalue weighted by molar-refractivity contribution is 14.0.